The van der Waals surface area contributed by atoms with Gasteiger partial charge in [-0.3, -0.25) is 4.79 Å². The van der Waals surface area contributed by atoms with Crippen LogP contribution < -0.4 is 0 Å². The highest BCUT2D eigenvalue weighted by Gasteiger charge is 2.05. The number of carbonyl (C=O) groups is 1. The fourth-order valence-electron chi connectivity index (χ4n) is 0.369. The fraction of sp³-hybridized carbons (Fsp3) is 0.857. The zero-order valence-electron chi connectivity index (χ0n) is 6.31. The molecule has 54 valence electrons. The van der Waals surface area contributed by atoms with Crippen LogP contribution in [0.4, 0.5) is 0 Å². The quantitative estimate of drug-likeness (QED) is 0.607. The van der Waals surface area contributed by atoms with Gasteiger partial charge in [-0.05, 0) is 6.42 Å². The lowest BCUT2D eigenvalue weighted by atomic mass is 10.3. The first-order valence-electron chi connectivity index (χ1n) is 3.35. The summed E-state index contributed by atoms with van der Waals surface area (Å²) in [5.41, 5.74) is 0. The van der Waals surface area contributed by atoms with Crippen LogP contribution in [0.1, 0.15) is 27.2 Å². The van der Waals surface area contributed by atoms with E-state index in [9.17, 15) is 4.79 Å². The van der Waals surface area contributed by atoms with Gasteiger partial charge in [0, 0.05) is 11.7 Å². The van der Waals surface area contributed by atoms with Crippen LogP contribution in [0, 0.1) is 5.92 Å². The maximum Gasteiger partial charge on any atom is 0.191 e. The monoisotopic (exact) mass is 146 g/mol. The summed E-state index contributed by atoms with van der Waals surface area (Å²) in [5, 5.41) is 0.317. The molecule has 0 atom stereocenters. The van der Waals surface area contributed by atoms with E-state index in [0.29, 0.717) is 5.12 Å². The molecule has 0 aliphatic heterocycles. The molecule has 0 saturated carbocycles. The maximum atomic E-state index is 10.9. The Hall–Kier alpha value is 0.0200. The smallest absolute Gasteiger partial charge is 0.191 e. The number of thioether (sulfide) groups is 1. The summed E-state index contributed by atoms with van der Waals surface area (Å²) in [7, 11) is 0. The van der Waals surface area contributed by atoms with Crippen LogP contribution in [-0.2, 0) is 4.79 Å². The van der Waals surface area contributed by atoms with Crippen molar-refractivity contribution < 1.29 is 4.79 Å². The molecule has 0 aromatic carbocycles. The fourth-order valence-corrected chi connectivity index (χ4v) is 1.11. The normalized spacial score (nSPS) is 10.2. The summed E-state index contributed by atoms with van der Waals surface area (Å²) in [5.74, 6) is 1.17. The van der Waals surface area contributed by atoms with Crippen molar-refractivity contribution in [3.8, 4) is 0 Å². The van der Waals surface area contributed by atoms with E-state index >= 15 is 0 Å². The Bertz CT molecular complexity index is 88.9. The third-order valence-corrected chi connectivity index (χ3v) is 2.29. The van der Waals surface area contributed by atoms with E-state index in [1.165, 1.54) is 11.8 Å². The van der Waals surface area contributed by atoms with Gasteiger partial charge in [0.05, 0.1) is 0 Å². The topological polar surface area (TPSA) is 17.1 Å². The molecule has 0 bridgehead atoms. The van der Waals surface area contributed by atoms with E-state index in [4.69, 9.17) is 0 Å². The molecule has 0 radical (unpaired) electrons. The van der Waals surface area contributed by atoms with Crippen molar-refractivity contribution >= 4 is 16.9 Å². The zero-order valence-corrected chi connectivity index (χ0v) is 7.12. The lowest BCUT2D eigenvalue weighted by Gasteiger charge is -1.99. The van der Waals surface area contributed by atoms with E-state index in [2.05, 4.69) is 6.92 Å². The van der Waals surface area contributed by atoms with Gasteiger partial charge < -0.3 is 0 Å². The van der Waals surface area contributed by atoms with Crippen LogP contribution in [0.15, 0.2) is 0 Å². The van der Waals surface area contributed by atoms with Gasteiger partial charge in [-0.15, -0.1) is 0 Å². The minimum Gasteiger partial charge on any atom is -0.287 e. The van der Waals surface area contributed by atoms with E-state index in [-0.39, 0.29) is 5.92 Å². The highest BCUT2D eigenvalue weighted by atomic mass is 32.2. The number of carbonyl (C=O) groups excluding carboxylic acids is 1. The standard InChI is InChI=1S/C7H14OS/c1-4-5-9-7(8)6(2)3/h6H,4-5H2,1-3H3. The Morgan fingerprint density at radius 3 is 2.44 bits per heavy atom. The summed E-state index contributed by atoms with van der Waals surface area (Å²) in [4.78, 5) is 10.9. The lowest BCUT2D eigenvalue weighted by molar-refractivity contribution is -0.113. The van der Waals surface area contributed by atoms with Gasteiger partial charge in [0.15, 0.2) is 5.12 Å². The Kier molecular flexibility index (Phi) is 4.87. The molecule has 9 heavy (non-hydrogen) atoms. The molecule has 0 unspecified atom stereocenters. The molecule has 0 aliphatic carbocycles. The second-order valence-electron chi connectivity index (χ2n) is 2.32. The SMILES string of the molecule is CCCSC(=O)C(C)C. The van der Waals surface area contributed by atoms with E-state index < -0.39 is 0 Å². The van der Waals surface area contributed by atoms with Crippen LogP contribution in [0.2, 0.25) is 0 Å². The summed E-state index contributed by atoms with van der Waals surface area (Å²) in [6.45, 7) is 5.95. The van der Waals surface area contributed by atoms with Crippen molar-refractivity contribution in [3.05, 3.63) is 0 Å². The first-order valence-corrected chi connectivity index (χ1v) is 4.33. The molecule has 0 amide bonds. The van der Waals surface area contributed by atoms with Crippen LogP contribution >= 0.6 is 11.8 Å². The van der Waals surface area contributed by atoms with E-state index in [1.54, 1.807) is 0 Å². The summed E-state index contributed by atoms with van der Waals surface area (Å²) in [6, 6.07) is 0. The van der Waals surface area contributed by atoms with E-state index in [1.807, 2.05) is 13.8 Å². The minimum absolute atomic E-state index is 0.196. The molecule has 0 aromatic rings. The molecule has 0 aliphatic rings. The highest BCUT2D eigenvalue weighted by Crippen LogP contribution is 2.10. The molecule has 0 rings (SSSR count). The second kappa shape index (κ2) is 4.86. The molecule has 1 nitrogen and oxygen atoms in total. The molecular weight excluding hydrogens is 132 g/mol. The Morgan fingerprint density at radius 1 is 1.56 bits per heavy atom. The third-order valence-electron chi connectivity index (χ3n) is 0.920. The first kappa shape index (κ1) is 9.02. The van der Waals surface area contributed by atoms with Crippen LogP contribution in [-0.4, -0.2) is 10.9 Å². The van der Waals surface area contributed by atoms with Crippen molar-refractivity contribution in [2.45, 2.75) is 27.2 Å². The molecule has 0 aromatic heterocycles. The molecule has 2 heteroatoms. The largest absolute Gasteiger partial charge is 0.287 e. The van der Waals surface area contributed by atoms with Crippen molar-refractivity contribution in [1.29, 1.82) is 0 Å². The van der Waals surface area contributed by atoms with Crippen LogP contribution in [0.5, 0.6) is 0 Å². The highest BCUT2D eigenvalue weighted by molar-refractivity contribution is 8.13. The number of rotatable bonds is 3. The van der Waals surface area contributed by atoms with Crippen molar-refractivity contribution in [3.63, 3.8) is 0 Å². The molecule has 0 spiro atoms. The van der Waals surface area contributed by atoms with Crippen LogP contribution in [0.25, 0.3) is 0 Å². The predicted molar refractivity (Wildman–Crippen MR) is 42.6 cm³/mol. The molecular formula is C7H14OS. The zero-order chi connectivity index (χ0) is 7.28. The second-order valence-corrected chi connectivity index (χ2v) is 3.42. The van der Waals surface area contributed by atoms with Gasteiger partial charge in [-0.25, -0.2) is 0 Å². The average Bonchev–Trinajstić information content (AvgIpc) is 1.82. The molecule has 0 fully saturated rings. The molecule has 0 heterocycles. The summed E-state index contributed by atoms with van der Waals surface area (Å²) < 4.78 is 0. The lowest BCUT2D eigenvalue weighted by Crippen LogP contribution is -2.01. The van der Waals surface area contributed by atoms with Gasteiger partial charge in [0.25, 0.3) is 0 Å². The molecule has 0 N–H and O–H groups in total. The van der Waals surface area contributed by atoms with E-state index in [0.717, 1.165) is 12.2 Å². The number of hydrogen-bond donors (Lipinski definition) is 0. The van der Waals surface area contributed by atoms with Crippen LogP contribution in [0.3, 0.4) is 0 Å². The Morgan fingerprint density at radius 2 is 2.11 bits per heavy atom. The Labute approximate surface area is 61.2 Å². The van der Waals surface area contributed by atoms with Gasteiger partial charge in [-0.2, -0.15) is 0 Å². The van der Waals surface area contributed by atoms with Gasteiger partial charge in [-0.1, -0.05) is 32.5 Å². The average molecular weight is 146 g/mol. The predicted octanol–water partition coefficient (Wildman–Crippen LogP) is 2.31. The molecule has 0 saturated heterocycles. The maximum absolute atomic E-state index is 10.9. The Balaban J connectivity index is 3.28. The van der Waals surface area contributed by atoms with Crippen molar-refractivity contribution in [2.24, 2.45) is 5.92 Å². The van der Waals surface area contributed by atoms with Gasteiger partial charge in [0.2, 0.25) is 0 Å². The van der Waals surface area contributed by atoms with Crippen molar-refractivity contribution in [1.82, 2.24) is 0 Å². The van der Waals surface area contributed by atoms with Gasteiger partial charge in [0.1, 0.15) is 0 Å². The third kappa shape index (κ3) is 4.52. The minimum atomic E-state index is 0.196. The summed E-state index contributed by atoms with van der Waals surface area (Å²) >= 11 is 1.45. The van der Waals surface area contributed by atoms with Crippen molar-refractivity contribution in [2.75, 3.05) is 5.75 Å². The number of hydrogen-bond acceptors (Lipinski definition) is 2. The summed E-state index contributed by atoms with van der Waals surface area (Å²) in [6.07, 6.45) is 1.09. The first-order chi connectivity index (χ1) is 4.18. The van der Waals surface area contributed by atoms with Gasteiger partial charge >= 0.3 is 0 Å².